The Hall–Kier alpha value is -2.12. The maximum atomic E-state index is 12.7. The summed E-state index contributed by atoms with van der Waals surface area (Å²) >= 11 is 0. The van der Waals surface area contributed by atoms with Gasteiger partial charge in [0.1, 0.15) is 11.3 Å². The van der Waals surface area contributed by atoms with E-state index in [0.717, 1.165) is 55.9 Å². The number of hydrogen-bond acceptors (Lipinski definition) is 5. The largest absolute Gasteiger partial charge is 0.494 e. The van der Waals surface area contributed by atoms with E-state index in [2.05, 4.69) is 15.3 Å². The van der Waals surface area contributed by atoms with Gasteiger partial charge < -0.3 is 14.8 Å². The third-order valence-corrected chi connectivity index (χ3v) is 4.89. The van der Waals surface area contributed by atoms with Gasteiger partial charge in [-0.05, 0) is 19.4 Å². The Bertz CT molecular complexity index is 753. The molecular weight excluding hydrogens is 332 g/mol. The van der Waals surface area contributed by atoms with E-state index in [9.17, 15) is 4.79 Å². The summed E-state index contributed by atoms with van der Waals surface area (Å²) in [5, 5.41) is 8.47. The standard InChI is InChI=1S/C19H28N4O3/c1-4-14(2)20-19(24)17-15-6-5-7-16(25-3)18(15)23(21-17)9-8-22-10-12-26-13-11-22/h5-7,14H,4,8-13H2,1-3H3,(H,20,24)/t14-/m1/s1. The number of fused-ring (bicyclic) bond motifs is 1. The molecule has 0 aliphatic carbocycles. The van der Waals surface area contributed by atoms with Crippen LogP contribution >= 0.6 is 0 Å². The third-order valence-electron chi connectivity index (χ3n) is 4.89. The molecule has 0 saturated carbocycles. The number of para-hydroxylation sites is 1. The van der Waals surface area contributed by atoms with Crippen molar-refractivity contribution < 1.29 is 14.3 Å². The summed E-state index contributed by atoms with van der Waals surface area (Å²) in [7, 11) is 1.65. The van der Waals surface area contributed by atoms with Crippen molar-refractivity contribution in [2.75, 3.05) is 40.0 Å². The Labute approximate surface area is 154 Å². The highest BCUT2D eigenvalue weighted by atomic mass is 16.5. The topological polar surface area (TPSA) is 68.6 Å². The minimum Gasteiger partial charge on any atom is -0.494 e. The number of hydrogen-bond donors (Lipinski definition) is 1. The van der Waals surface area contributed by atoms with Crippen molar-refractivity contribution >= 4 is 16.8 Å². The first kappa shape index (κ1) is 18.7. The van der Waals surface area contributed by atoms with Gasteiger partial charge in [-0.3, -0.25) is 14.4 Å². The molecule has 3 rings (SSSR count). The van der Waals surface area contributed by atoms with E-state index in [1.807, 2.05) is 36.7 Å². The number of benzene rings is 1. The highest BCUT2D eigenvalue weighted by Gasteiger charge is 2.21. The fourth-order valence-corrected chi connectivity index (χ4v) is 3.15. The van der Waals surface area contributed by atoms with Crippen molar-refractivity contribution in [2.45, 2.75) is 32.9 Å². The van der Waals surface area contributed by atoms with Crippen LogP contribution in [0, 0.1) is 0 Å². The monoisotopic (exact) mass is 360 g/mol. The smallest absolute Gasteiger partial charge is 0.272 e. The second-order valence-corrected chi connectivity index (χ2v) is 6.66. The molecule has 0 spiro atoms. The van der Waals surface area contributed by atoms with Crippen LogP contribution in [0.1, 0.15) is 30.8 Å². The Balaban J connectivity index is 1.89. The number of carbonyl (C=O) groups excluding carboxylic acids is 1. The number of morpholine rings is 1. The average molecular weight is 360 g/mol. The van der Waals surface area contributed by atoms with Gasteiger partial charge in [0.2, 0.25) is 0 Å². The molecule has 1 saturated heterocycles. The van der Waals surface area contributed by atoms with Crippen LogP contribution in [0.25, 0.3) is 10.9 Å². The minimum absolute atomic E-state index is 0.113. The van der Waals surface area contributed by atoms with Gasteiger partial charge in [0, 0.05) is 31.1 Å². The maximum absolute atomic E-state index is 12.7. The van der Waals surface area contributed by atoms with E-state index in [1.165, 1.54) is 0 Å². The van der Waals surface area contributed by atoms with E-state index in [0.29, 0.717) is 12.2 Å². The van der Waals surface area contributed by atoms with Crippen LogP contribution in [0.15, 0.2) is 18.2 Å². The molecule has 1 atom stereocenters. The zero-order valence-corrected chi connectivity index (χ0v) is 15.8. The van der Waals surface area contributed by atoms with Crippen LogP contribution in [0.3, 0.4) is 0 Å². The lowest BCUT2D eigenvalue weighted by atomic mass is 10.1. The van der Waals surface area contributed by atoms with E-state index in [1.54, 1.807) is 7.11 Å². The van der Waals surface area contributed by atoms with E-state index in [4.69, 9.17) is 9.47 Å². The lowest BCUT2D eigenvalue weighted by molar-refractivity contribution is 0.0361. The highest BCUT2D eigenvalue weighted by molar-refractivity contribution is 6.06. The first-order valence-electron chi connectivity index (χ1n) is 9.28. The number of nitrogens with zero attached hydrogens (tertiary/aromatic N) is 3. The summed E-state index contributed by atoms with van der Waals surface area (Å²) in [5.41, 5.74) is 1.33. The Morgan fingerprint density at radius 1 is 1.35 bits per heavy atom. The van der Waals surface area contributed by atoms with Gasteiger partial charge in [-0.1, -0.05) is 19.1 Å². The predicted molar refractivity (Wildman–Crippen MR) is 101 cm³/mol. The van der Waals surface area contributed by atoms with Crippen LogP contribution < -0.4 is 10.1 Å². The summed E-state index contributed by atoms with van der Waals surface area (Å²) < 4.78 is 12.8. The van der Waals surface area contributed by atoms with E-state index < -0.39 is 0 Å². The fourth-order valence-electron chi connectivity index (χ4n) is 3.15. The van der Waals surface area contributed by atoms with Crippen LogP contribution in [-0.4, -0.2) is 66.6 Å². The Morgan fingerprint density at radius 2 is 2.12 bits per heavy atom. The van der Waals surface area contributed by atoms with Crippen LogP contribution in [0.2, 0.25) is 0 Å². The molecule has 2 heterocycles. The van der Waals surface area contributed by atoms with Gasteiger partial charge in [-0.15, -0.1) is 0 Å². The van der Waals surface area contributed by atoms with Gasteiger partial charge in [0.25, 0.3) is 5.91 Å². The van der Waals surface area contributed by atoms with Gasteiger partial charge in [-0.2, -0.15) is 5.10 Å². The maximum Gasteiger partial charge on any atom is 0.272 e. The van der Waals surface area contributed by atoms with Crippen molar-refractivity contribution in [3.8, 4) is 5.75 Å². The lowest BCUT2D eigenvalue weighted by Crippen LogP contribution is -2.38. The Morgan fingerprint density at radius 3 is 2.81 bits per heavy atom. The zero-order valence-electron chi connectivity index (χ0n) is 15.8. The second-order valence-electron chi connectivity index (χ2n) is 6.66. The van der Waals surface area contributed by atoms with Crippen molar-refractivity contribution in [2.24, 2.45) is 0 Å². The number of methoxy groups -OCH3 is 1. The molecule has 1 aromatic carbocycles. The van der Waals surface area contributed by atoms with Gasteiger partial charge in [0.15, 0.2) is 5.69 Å². The molecule has 7 heteroatoms. The molecule has 1 aliphatic rings. The molecule has 0 unspecified atom stereocenters. The quantitative estimate of drug-likeness (QED) is 0.817. The number of carbonyl (C=O) groups is 1. The first-order valence-corrected chi connectivity index (χ1v) is 9.28. The molecule has 2 aromatic rings. The summed E-state index contributed by atoms with van der Waals surface area (Å²) in [6.45, 7) is 9.01. The van der Waals surface area contributed by atoms with Crippen LogP contribution in [-0.2, 0) is 11.3 Å². The predicted octanol–water partition coefficient (Wildman–Crippen LogP) is 1.91. The van der Waals surface area contributed by atoms with Gasteiger partial charge in [0.05, 0.1) is 26.9 Å². The molecule has 26 heavy (non-hydrogen) atoms. The number of rotatable bonds is 7. The zero-order chi connectivity index (χ0) is 18.5. The summed E-state index contributed by atoms with van der Waals surface area (Å²) in [5.74, 6) is 0.599. The fraction of sp³-hybridized carbons (Fsp3) is 0.579. The highest BCUT2D eigenvalue weighted by Crippen LogP contribution is 2.28. The Kier molecular flexibility index (Phi) is 6.11. The first-order chi connectivity index (χ1) is 12.6. The van der Waals surface area contributed by atoms with Crippen molar-refractivity contribution in [3.63, 3.8) is 0 Å². The molecule has 1 fully saturated rings. The molecular formula is C19H28N4O3. The molecule has 7 nitrogen and oxygen atoms in total. The molecule has 0 bridgehead atoms. The van der Waals surface area contributed by atoms with Crippen LogP contribution in [0.5, 0.6) is 5.75 Å². The molecule has 1 aromatic heterocycles. The average Bonchev–Trinajstić information content (AvgIpc) is 3.06. The van der Waals surface area contributed by atoms with E-state index >= 15 is 0 Å². The molecule has 1 amide bonds. The van der Waals surface area contributed by atoms with Crippen molar-refractivity contribution in [1.29, 1.82) is 0 Å². The molecule has 1 aliphatic heterocycles. The number of nitrogens with one attached hydrogen (secondary N) is 1. The second kappa shape index (κ2) is 8.51. The lowest BCUT2D eigenvalue weighted by Gasteiger charge is -2.26. The van der Waals surface area contributed by atoms with Gasteiger partial charge in [-0.25, -0.2) is 0 Å². The molecule has 0 radical (unpaired) electrons. The van der Waals surface area contributed by atoms with Crippen molar-refractivity contribution in [3.05, 3.63) is 23.9 Å². The van der Waals surface area contributed by atoms with E-state index in [-0.39, 0.29) is 11.9 Å². The summed E-state index contributed by atoms with van der Waals surface area (Å²) in [6, 6.07) is 5.85. The molecule has 1 N–H and O–H groups in total. The van der Waals surface area contributed by atoms with Crippen molar-refractivity contribution in [1.82, 2.24) is 20.0 Å². The normalized spacial score (nSPS) is 16.6. The number of aromatic nitrogens is 2. The minimum atomic E-state index is -0.136. The third kappa shape index (κ3) is 3.99. The number of ether oxygens (including phenoxy) is 2. The van der Waals surface area contributed by atoms with Crippen LogP contribution in [0.4, 0.5) is 0 Å². The number of amides is 1. The van der Waals surface area contributed by atoms with Gasteiger partial charge >= 0.3 is 0 Å². The molecule has 142 valence electrons. The summed E-state index contributed by atoms with van der Waals surface area (Å²) in [6.07, 6.45) is 0.880. The summed E-state index contributed by atoms with van der Waals surface area (Å²) in [4.78, 5) is 15.0. The SMILES string of the molecule is CC[C@@H](C)NC(=O)c1nn(CCN2CCOCC2)c2c(OC)cccc12.